The number of hydrogen-bond acceptors (Lipinski definition) is 3. The quantitative estimate of drug-likeness (QED) is 0.643. The fourth-order valence-electron chi connectivity index (χ4n) is 2.64. The first-order valence-corrected chi connectivity index (χ1v) is 7.92. The molecule has 0 radical (unpaired) electrons. The van der Waals surface area contributed by atoms with Crippen LogP contribution in [-0.2, 0) is 11.3 Å². The molecule has 2 aromatic rings. The highest BCUT2D eigenvalue weighted by Crippen LogP contribution is 2.15. The Morgan fingerprint density at radius 2 is 1.74 bits per heavy atom. The number of morpholine rings is 1. The Hall–Kier alpha value is -2.33. The van der Waals surface area contributed by atoms with Crippen molar-refractivity contribution in [3.8, 4) is 5.75 Å². The van der Waals surface area contributed by atoms with Crippen molar-refractivity contribution in [1.82, 2.24) is 4.90 Å². The molecule has 0 N–H and O–H groups in total. The monoisotopic (exact) mass is 310 g/mol. The van der Waals surface area contributed by atoms with Crippen molar-refractivity contribution in [3.05, 3.63) is 65.7 Å². The maximum atomic E-state index is 5.47. The van der Waals surface area contributed by atoms with Crippen LogP contribution in [0.3, 0.4) is 0 Å². The lowest BCUT2D eigenvalue weighted by Crippen LogP contribution is -2.41. The van der Waals surface area contributed by atoms with Gasteiger partial charge in [0.05, 0.1) is 26.9 Å². The van der Waals surface area contributed by atoms with E-state index in [9.17, 15) is 0 Å². The standard InChI is InChI=1S/C19H22N2O2/c1-22-18-9-7-17(8-10-18)19(21-11-13-23-14-12-21)20-15-16-5-3-2-4-6-16/h2-10H,11-15H2,1H3. The zero-order chi connectivity index (χ0) is 15.9. The van der Waals surface area contributed by atoms with E-state index in [4.69, 9.17) is 14.5 Å². The highest BCUT2D eigenvalue weighted by atomic mass is 16.5. The van der Waals surface area contributed by atoms with Gasteiger partial charge in [0.25, 0.3) is 0 Å². The summed E-state index contributed by atoms with van der Waals surface area (Å²) in [7, 11) is 1.68. The van der Waals surface area contributed by atoms with Gasteiger partial charge in [0.2, 0.25) is 0 Å². The lowest BCUT2D eigenvalue weighted by atomic mass is 10.1. The van der Waals surface area contributed by atoms with Gasteiger partial charge >= 0.3 is 0 Å². The van der Waals surface area contributed by atoms with Crippen LogP contribution < -0.4 is 4.74 Å². The molecule has 0 amide bonds. The summed E-state index contributed by atoms with van der Waals surface area (Å²) in [6.07, 6.45) is 0. The number of nitrogens with zero attached hydrogens (tertiary/aromatic N) is 2. The summed E-state index contributed by atoms with van der Waals surface area (Å²) < 4.78 is 10.7. The Morgan fingerprint density at radius 1 is 1.04 bits per heavy atom. The van der Waals surface area contributed by atoms with Crippen molar-refractivity contribution >= 4 is 5.84 Å². The molecule has 0 bridgehead atoms. The fraction of sp³-hybridized carbons (Fsp3) is 0.316. The lowest BCUT2D eigenvalue weighted by Gasteiger charge is -2.30. The summed E-state index contributed by atoms with van der Waals surface area (Å²) in [5, 5.41) is 0. The summed E-state index contributed by atoms with van der Waals surface area (Å²) in [5.74, 6) is 1.89. The number of ether oxygens (including phenoxy) is 2. The zero-order valence-electron chi connectivity index (χ0n) is 13.4. The molecule has 0 aromatic heterocycles. The predicted molar refractivity (Wildman–Crippen MR) is 92.1 cm³/mol. The first-order chi connectivity index (χ1) is 11.4. The van der Waals surface area contributed by atoms with Crippen LogP contribution >= 0.6 is 0 Å². The number of benzene rings is 2. The molecule has 0 aliphatic carbocycles. The van der Waals surface area contributed by atoms with E-state index in [2.05, 4.69) is 29.2 Å². The molecular weight excluding hydrogens is 288 g/mol. The third-order valence-corrected chi connectivity index (χ3v) is 3.91. The van der Waals surface area contributed by atoms with Gasteiger partial charge < -0.3 is 14.4 Å². The molecule has 120 valence electrons. The van der Waals surface area contributed by atoms with E-state index in [1.807, 2.05) is 30.3 Å². The zero-order valence-corrected chi connectivity index (χ0v) is 13.4. The van der Waals surface area contributed by atoms with Crippen LogP contribution in [0.4, 0.5) is 0 Å². The number of hydrogen-bond donors (Lipinski definition) is 0. The minimum absolute atomic E-state index is 0.680. The molecule has 1 fully saturated rings. The molecule has 1 aliphatic heterocycles. The van der Waals surface area contributed by atoms with E-state index in [-0.39, 0.29) is 0 Å². The smallest absolute Gasteiger partial charge is 0.131 e. The van der Waals surface area contributed by atoms with Gasteiger partial charge in [-0.3, -0.25) is 4.99 Å². The largest absolute Gasteiger partial charge is 0.497 e. The molecule has 1 heterocycles. The van der Waals surface area contributed by atoms with Crippen molar-refractivity contribution in [2.45, 2.75) is 6.54 Å². The van der Waals surface area contributed by atoms with E-state index in [0.717, 1.165) is 43.5 Å². The topological polar surface area (TPSA) is 34.1 Å². The molecular formula is C19H22N2O2. The van der Waals surface area contributed by atoms with E-state index in [1.54, 1.807) is 7.11 Å². The summed E-state index contributed by atoms with van der Waals surface area (Å²) >= 11 is 0. The second-order valence-electron chi connectivity index (χ2n) is 5.45. The summed E-state index contributed by atoms with van der Waals surface area (Å²) in [6, 6.07) is 18.4. The molecule has 1 aliphatic rings. The highest BCUT2D eigenvalue weighted by Gasteiger charge is 2.16. The molecule has 4 nitrogen and oxygen atoms in total. The Kier molecular flexibility index (Phi) is 5.27. The predicted octanol–water partition coefficient (Wildman–Crippen LogP) is 2.97. The average molecular weight is 310 g/mol. The summed E-state index contributed by atoms with van der Waals surface area (Å²) in [5.41, 5.74) is 2.33. The van der Waals surface area contributed by atoms with Gasteiger partial charge in [-0.1, -0.05) is 30.3 Å². The van der Waals surface area contributed by atoms with E-state index in [1.165, 1.54) is 5.56 Å². The Balaban J connectivity index is 1.85. The third-order valence-electron chi connectivity index (χ3n) is 3.91. The highest BCUT2D eigenvalue weighted by molar-refractivity contribution is 5.99. The van der Waals surface area contributed by atoms with Crippen molar-refractivity contribution in [2.75, 3.05) is 33.4 Å². The van der Waals surface area contributed by atoms with Gasteiger partial charge in [0.15, 0.2) is 0 Å². The molecule has 0 spiro atoms. The number of aliphatic imine (C=N–C) groups is 1. The second kappa shape index (κ2) is 7.79. The van der Waals surface area contributed by atoms with Crippen LogP contribution in [0.1, 0.15) is 11.1 Å². The lowest BCUT2D eigenvalue weighted by molar-refractivity contribution is 0.0681. The van der Waals surface area contributed by atoms with Crippen LogP contribution in [0.2, 0.25) is 0 Å². The average Bonchev–Trinajstić information content (AvgIpc) is 2.64. The molecule has 4 heteroatoms. The molecule has 0 atom stereocenters. The normalized spacial score (nSPS) is 15.5. The van der Waals surface area contributed by atoms with Crippen LogP contribution in [0.15, 0.2) is 59.6 Å². The van der Waals surface area contributed by atoms with E-state index < -0.39 is 0 Å². The van der Waals surface area contributed by atoms with Gasteiger partial charge in [-0.25, -0.2) is 0 Å². The number of rotatable bonds is 4. The van der Waals surface area contributed by atoms with Crippen molar-refractivity contribution in [2.24, 2.45) is 4.99 Å². The Bertz CT molecular complexity index is 632. The van der Waals surface area contributed by atoms with Crippen molar-refractivity contribution in [1.29, 1.82) is 0 Å². The Labute approximate surface area is 137 Å². The van der Waals surface area contributed by atoms with Crippen LogP contribution in [0.25, 0.3) is 0 Å². The minimum atomic E-state index is 0.680. The first-order valence-electron chi connectivity index (χ1n) is 7.92. The second-order valence-corrected chi connectivity index (χ2v) is 5.45. The molecule has 0 saturated carbocycles. The SMILES string of the molecule is COc1ccc(C(=NCc2ccccc2)N2CCOCC2)cc1. The van der Waals surface area contributed by atoms with Crippen LogP contribution in [0.5, 0.6) is 5.75 Å². The third kappa shape index (κ3) is 4.11. The maximum Gasteiger partial charge on any atom is 0.131 e. The Morgan fingerprint density at radius 3 is 2.39 bits per heavy atom. The molecule has 2 aromatic carbocycles. The first kappa shape index (κ1) is 15.6. The van der Waals surface area contributed by atoms with Crippen molar-refractivity contribution < 1.29 is 9.47 Å². The molecule has 23 heavy (non-hydrogen) atoms. The van der Waals surface area contributed by atoms with E-state index in [0.29, 0.717) is 6.54 Å². The van der Waals surface area contributed by atoms with E-state index >= 15 is 0 Å². The van der Waals surface area contributed by atoms with Gasteiger partial charge in [0.1, 0.15) is 11.6 Å². The van der Waals surface area contributed by atoms with Crippen LogP contribution in [-0.4, -0.2) is 44.1 Å². The minimum Gasteiger partial charge on any atom is -0.497 e. The molecule has 1 saturated heterocycles. The van der Waals surface area contributed by atoms with Crippen molar-refractivity contribution in [3.63, 3.8) is 0 Å². The maximum absolute atomic E-state index is 5.47. The number of amidine groups is 1. The van der Waals surface area contributed by atoms with Gasteiger partial charge in [0, 0.05) is 18.7 Å². The van der Waals surface area contributed by atoms with Gasteiger partial charge in [-0.05, 0) is 29.8 Å². The summed E-state index contributed by atoms with van der Waals surface area (Å²) in [4.78, 5) is 7.19. The number of methoxy groups -OCH3 is 1. The summed E-state index contributed by atoms with van der Waals surface area (Å²) in [6.45, 7) is 3.93. The molecule has 3 rings (SSSR count). The van der Waals surface area contributed by atoms with Gasteiger partial charge in [-0.2, -0.15) is 0 Å². The van der Waals surface area contributed by atoms with Gasteiger partial charge in [-0.15, -0.1) is 0 Å². The fourth-order valence-corrected chi connectivity index (χ4v) is 2.64. The molecule has 0 unspecified atom stereocenters. The van der Waals surface area contributed by atoms with Crippen LogP contribution in [0, 0.1) is 0 Å².